The molecule has 0 aliphatic heterocycles. The minimum Gasteiger partial charge on any atom is -0.374 e. The van der Waals surface area contributed by atoms with Gasteiger partial charge in [-0.3, -0.25) is 4.79 Å². The summed E-state index contributed by atoms with van der Waals surface area (Å²) in [6.45, 7) is 1.60. The van der Waals surface area contributed by atoms with Crippen molar-refractivity contribution in [3.05, 3.63) is 74.3 Å². The molecule has 108 valence electrons. The molecule has 2 aromatic carbocycles. The summed E-state index contributed by atoms with van der Waals surface area (Å²) >= 11 is 5.55. The maximum absolute atomic E-state index is 11.9. The van der Waals surface area contributed by atoms with Crippen LogP contribution in [0.3, 0.4) is 0 Å². The van der Waals surface area contributed by atoms with Crippen molar-refractivity contribution in [3.63, 3.8) is 0 Å². The lowest BCUT2D eigenvalue weighted by Gasteiger charge is -2.22. The Hall–Kier alpha value is -1.14. The number of benzene rings is 2. The smallest absolute Gasteiger partial charge is 0.158 e. The van der Waals surface area contributed by atoms with Crippen molar-refractivity contribution in [1.29, 1.82) is 0 Å². The van der Waals surface area contributed by atoms with Crippen molar-refractivity contribution in [2.75, 3.05) is 5.32 Å². The fourth-order valence-electron chi connectivity index (χ4n) is 2.04. The van der Waals surface area contributed by atoms with Crippen LogP contribution in [0.2, 0.25) is 0 Å². The Morgan fingerprint density at radius 1 is 1.14 bits per heavy atom. The van der Waals surface area contributed by atoms with Gasteiger partial charge in [0.05, 0.1) is 6.04 Å². The van der Waals surface area contributed by atoms with E-state index in [9.17, 15) is 4.79 Å². The fourth-order valence-corrected chi connectivity index (χ4v) is 3.10. The zero-order valence-corrected chi connectivity index (χ0v) is 15.3. The first-order valence-electron chi connectivity index (χ1n) is 6.50. The van der Waals surface area contributed by atoms with Crippen LogP contribution in [-0.2, 0) is 4.79 Å². The quantitative estimate of drug-likeness (QED) is 0.475. The minimum atomic E-state index is -0.151. The van der Waals surface area contributed by atoms with Gasteiger partial charge in [-0.2, -0.15) is 0 Å². The van der Waals surface area contributed by atoms with Gasteiger partial charge in [0.15, 0.2) is 5.78 Å². The highest BCUT2D eigenvalue weighted by atomic mass is 127. The normalized spacial score (nSPS) is 12.8. The van der Waals surface area contributed by atoms with E-state index in [2.05, 4.69) is 43.8 Å². The van der Waals surface area contributed by atoms with Crippen molar-refractivity contribution in [2.45, 2.75) is 13.0 Å². The van der Waals surface area contributed by atoms with Gasteiger partial charge in [0, 0.05) is 15.7 Å². The van der Waals surface area contributed by atoms with Crippen LogP contribution in [-0.4, -0.2) is 5.78 Å². The van der Waals surface area contributed by atoms with Crippen LogP contribution in [0, 0.1) is 0 Å². The summed E-state index contributed by atoms with van der Waals surface area (Å²) in [5.41, 5.74) is 2.80. The Labute approximate surface area is 146 Å². The third-order valence-corrected chi connectivity index (χ3v) is 4.32. The minimum absolute atomic E-state index is 0.0721. The molecule has 2 nitrogen and oxygen atoms in total. The van der Waals surface area contributed by atoms with Crippen molar-refractivity contribution in [3.8, 4) is 0 Å². The molecule has 0 bridgehead atoms. The summed E-state index contributed by atoms with van der Waals surface area (Å²) in [6.07, 6.45) is 0. The van der Waals surface area contributed by atoms with Crippen molar-refractivity contribution in [1.82, 2.24) is 0 Å². The molecule has 0 saturated heterocycles. The number of hydrogen-bond donors (Lipinski definition) is 1. The molecule has 0 heterocycles. The first-order valence-corrected chi connectivity index (χ1v) is 8.54. The Kier molecular flexibility index (Phi) is 5.99. The van der Waals surface area contributed by atoms with Crippen LogP contribution in [0.1, 0.15) is 18.5 Å². The maximum Gasteiger partial charge on any atom is 0.158 e. The molecule has 2 aromatic rings. The van der Waals surface area contributed by atoms with Crippen LogP contribution in [0.15, 0.2) is 68.7 Å². The first-order chi connectivity index (χ1) is 10.1. The number of carbonyl (C=O) groups excluding carboxylic acids is 1. The predicted molar refractivity (Wildman–Crippen MR) is 99.7 cm³/mol. The van der Waals surface area contributed by atoms with Crippen molar-refractivity contribution >= 4 is 50.0 Å². The monoisotopic (exact) mass is 455 g/mol. The summed E-state index contributed by atoms with van der Waals surface area (Å²) in [5.74, 6) is 0.0721. The number of Topliss-reactive ketones (excluding diaryl/α,β-unsaturated/α-hetero) is 1. The third-order valence-electron chi connectivity index (χ3n) is 3.12. The second kappa shape index (κ2) is 7.75. The molecule has 4 heteroatoms. The van der Waals surface area contributed by atoms with E-state index < -0.39 is 0 Å². The molecule has 0 saturated carbocycles. The van der Waals surface area contributed by atoms with Gasteiger partial charge in [-0.25, -0.2) is 0 Å². The average Bonchev–Trinajstić information content (AvgIpc) is 2.49. The van der Waals surface area contributed by atoms with Crippen LogP contribution in [0.25, 0.3) is 0 Å². The molecular formula is C17H15BrINO. The zero-order chi connectivity index (χ0) is 15.2. The SMILES string of the molecule is CC(=O)/C(=C/I)C(Nc1ccc(Br)cc1)c1ccccc1. The molecule has 1 N–H and O–H groups in total. The molecule has 0 amide bonds. The van der Waals surface area contributed by atoms with Crippen LogP contribution < -0.4 is 5.32 Å². The molecule has 2 rings (SSSR count). The number of nitrogens with one attached hydrogen (secondary N) is 1. The Morgan fingerprint density at radius 2 is 1.76 bits per heavy atom. The molecule has 1 atom stereocenters. The van der Waals surface area contributed by atoms with E-state index >= 15 is 0 Å². The first kappa shape index (κ1) is 16.2. The molecule has 0 aromatic heterocycles. The molecule has 0 fully saturated rings. The van der Waals surface area contributed by atoms with Crippen molar-refractivity contribution in [2.24, 2.45) is 0 Å². The Bertz CT molecular complexity index is 638. The topological polar surface area (TPSA) is 29.1 Å². The summed E-state index contributed by atoms with van der Waals surface area (Å²) in [6, 6.07) is 17.8. The van der Waals surface area contributed by atoms with E-state index in [1.165, 1.54) is 0 Å². The summed E-state index contributed by atoms with van der Waals surface area (Å²) in [5, 5.41) is 3.44. The molecule has 1 unspecified atom stereocenters. The van der Waals surface area contributed by atoms with E-state index in [0.29, 0.717) is 0 Å². The zero-order valence-electron chi connectivity index (χ0n) is 11.5. The second-order valence-corrected chi connectivity index (χ2v) is 6.15. The van der Waals surface area contributed by atoms with Gasteiger partial charge in [-0.15, -0.1) is 0 Å². The number of carbonyl (C=O) groups is 1. The second-order valence-electron chi connectivity index (χ2n) is 4.62. The van der Waals surface area contributed by atoms with Crippen molar-refractivity contribution < 1.29 is 4.79 Å². The number of halogens is 2. The van der Waals surface area contributed by atoms with Gasteiger partial charge < -0.3 is 5.32 Å². The fraction of sp³-hybridized carbons (Fsp3) is 0.118. The number of hydrogen-bond acceptors (Lipinski definition) is 2. The van der Waals surface area contributed by atoms with Crippen LogP contribution >= 0.6 is 38.5 Å². The van der Waals surface area contributed by atoms with Gasteiger partial charge in [-0.05, 0) is 40.8 Å². The summed E-state index contributed by atoms with van der Waals surface area (Å²) in [7, 11) is 0. The largest absolute Gasteiger partial charge is 0.374 e. The molecule has 21 heavy (non-hydrogen) atoms. The van der Waals surface area contributed by atoms with E-state index in [4.69, 9.17) is 0 Å². The molecule has 0 aliphatic rings. The highest BCUT2D eigenvalue weighted by Gasteiger charge is 2.19. The predicted octanol–water partition coefficient (Wildman–Crippen LogP) is 5.51. The number of anilines is 1. The van der Waals surface area contributed by atoms with Gasteiger partial charge in [0.1, 0.15) is 0 Å². The number of ketones is 1. The van der Waals surface area contributed by atoms with Gasteiger partial charge >= 0.3 is 0 Å². The third kappa shape index (κ3) is 4.41. The average molecular weight is 456 g/mol. The van der Waals surface area contributed by atoms with E-state index in [1.54, 1.807) is 6.92 Å². The number of rotatable bonds is 5. The highest BCUT2D eigenvalue weighted by Crippen LogP contribution is 2.28. The molecule has 0 radical (unpaired) electrons. The van der Waals surface area contributed by atoms with E-state index in [1.807, 2.05) is 58.7 Å². The van der Waals surface area contributed by atoms with E-state index in [0.717, 1.165) is 21.3 Å². The lowest BCUT2D eigenvalue weighted by molar-refractivity contribution is -0.113. The maximum atomic E-state index is 11.9. The lowest BCUT2D eigenvalue weighted by atomic mass is 9.97. The Morgan fingerprint density at radius 3 is 2.29 bits per heavy atom. The van der Waals surface area contributed by atoms with Gasteiger partial charge in [0.25, 0.3) is 0 Å². The highest BCUT2D eigenvalue weighted by molar-refractivity contribution is 14.1. The van der Waals surface area contributed by atoms with E-state index in [-0.39, 0.29) is 11.8 Å². The molecular weight excluding hydrogens is 441 g/mol. The van der Waals surface area contributed by atoms with Crippen LogP contribution in [0.4, 0.5) is 5.69 Å². The van der Waals surface area contributed by atoms with Crippen LogP contribution in [0.5, 0.6) is 0 Å². The van der Waals surface area contributed by atoms with Gasteiger partial charge in [0.2, 0.25) is 0 Å². The standard InChI is InChI=1S/C17H15BrINO/c1-12(21)16(11-19)17(13-5-3-2-4-6-13)20-15-9-7-14(18)8-10-15/h2-11,17,20H,1H3/b16-11-. The van der Waals surface area contributed by atoms with Gasteiger partial charge in [-0.1, -0.05) is 68.9 Å². The molecule has 0 spiro atoms. The lowest BCUT2D eigenvalue weighted by Crippen LogP contribution is -2.17. The molecule has 0 aliphatic carbocycles. The Balaban J connectivity index is 2.36. The summed E-state index contributed by atoms with van der Waals surface area (Å²) < 4.78 is 2.88. The summed E-state index contributed by atoms with van der Waals surface area (Å²) in [4.78, 5) is 11.9.